The van der Waals surface area contributed by atoms with Crippen LogP contribution in [0.4, 0.5) is 0 Å². The standard InChI is InChI=1S/C12H15N3O/c1-15-11(6-7-14-15)12-5-4-10(16-12)8-13-9-2-3-9/h4-7,9,13H,2-3,8H2,1H3. The Morgan fingerprint density at radius 3 is 3.00 bits per heavy atom. The van der Waals surface area contributed by atoms with Crippen molar-refractivity contribution in [1.82, 2.24) is 15.1 Å². The summed E-state index contributed by atoms with van der Waals surface area (Å²) in [5.41, 5.74) is 1.01. The first kappa shape index (κ1) is 9.66. The van der Waals surface area contributed by atoms with Gasteiger partial charge in [0.05, 0.1) is 6.54 Å². The average molecular weight is 217 g/mol. The van der Waals surface area contributed by atoms with Crippen molar-refractivity contribution in [3.05, 3.63) is 30.2 Å². The molecule has 4 heteroatoms. The van der Waals surface area contributed by atoms with E-state index in [2.05, 4.69) is 10.4 Å². The van der Waals surface area contributed by atoms with E-state index in [0.717, 1.165) is 23.8 Å². The van der Waals surface area contributed by atoms with Gasteiger partial charge in [0.1, 0.15) is 11.5 Å². The minimum Gasteiger partial charge on any atom is -0.458 e. The SMILES string of the molecule is Cn1nccc1-c1ccc(CNC2CC2)o1. The molecule has 0 unspecified atom stereocenters. The number of nitrogens with one attached hydrogen (secondary N) is 1. The Labute approximate surface area is 94.3 Å². The molecule has 1 fully saturated rings. The molecule has 2 aromatic heterocycles. The predicted octanol–water partition coefficient (Wildman–Crippen LogP) is 1.93. The Kier molecular flexibility index (Phi) is 2.29. The monoisotopic (exact) mass is 217 g/mol. The van der Waals surface area contributed by atoms with Gasteiger partial charge in [-0.3, -0.25) is 4.68 Å². The van der Waals surface area contributed by atoms with Gasteiger partial charge in [0.25, 0.3) is 0 Å². The highest BCUT2D eigenvalue weighted by atomic mass is 16.3. The van der Waals surface area contributed by atoms with Gasteiger partial charge in [0.15, 0.2) is 5.76 Å². The van der Waals surface area contributed by atoms with Crippen molar-refractivity contribution in [2.24, 2.45) is 7.05 Å². The molecule has 0 bridgehead atoms. The minimum atomic E-state index is 0.713. The molecule has 1 N–H and O–H groups in total. The lowest BCUT2D eigenvalue weighted by Gasteiger charge is -1.99. The van der Waals surface area contributed by atoms with E-state index < -0.39 is 0 Å². The topological polar surface area (TPSA) is 43.0 Å². The van der Waals surface area contributed by atoms with Crippen LogP contribution in [0.25, 0.3) is 11.5 Å². The summed E-state index contributed by atoms with van der Waals surface area (Å²) >= 11 is 0. The summed E-state index contributed by atoms with van der Waals surface area (Å²) < 4.78 is 7.58. The molecular weight excluding hydrogens is 202 g/mol. The molecule has 1 saturated carbocycles. The van der Waals surface area contributed by atoms with Crippen molar-refractivity contribution >= 4 is 0 Å². The lowest BCUT2D eigenvalue weighted by atomic mass is 10.3. The van der Waals surface area contributed by atoms with Crippen LogP contribution in [0.1, 0.15) is 18.6 Å². The highest BCUT2D eigenvalue weighted by molar-refractivity contribution is 5.52. The van der Waals surface area contributed by atoms with Crippen LogP contribution in [-0.4, -0.2) is 15.8 Å². The quantitative estimate of drug-likeness (QED) is 0.851. The van der Waals surface area contributed by atoms with Gasteiger partial charge in [-0.25, -0.2) is 0 Å². The number of aromatic nitrogens is 2. The predicted molar refractivity (Wildman–Crippen MR) is 60.8 cm³/mol. The molecule has 0 spiro atoms. The van der Waals surface area contributed by atoms with Crippen LogP contribution in [0.3, 0.4) is 0 Å². The van der Waals surface area contributed by atoms with Gasteiger partial charge >= 0.3 is 0 Å². The number of furan rings is 1. The van der Waals surface area contributed by atoms with E-state index in [9.17, 15) is 0 Å². The van der Waals surface area contributed by atoms with E-state index in [4.69, 9.17) is 4.42 Å². The molecule has 0 aliphatic heterocycles. The third-order valence-electron chi connectivity index (χ3n) is 2.88. The Bertz CT molecular complexity index is 482. The Morgan fingerprint density at radius 2 is 2.31 bits per heavy atom. The summed E-state index contributed by atoms with van der Waals surface area (Å²) in [6.45, 7) is 0.822. The molecule has 1 aliphatic carbocycles. The van der Waals surface area contributed by atoms with E-state index in [1.807, 2.05) is 29.9 Å². The second kappa shape index (κ2) is 3.79. The van der Waals surface area contributed by atoms with E-state index in [1.165, 1.54) is 12.8 Å². The first-order chi connectivity index (χ1) is 7.83. The molecule has 0 amide bonds. The van der Waals surface area contributed by atoms with Crippen molar-refractivity contribution in [1.29, 1.82) is 0 Å². The van der Waals surface area contributed by atoms with Crippen LogP contribution in [0, 0.1) is 0 Å². The van der Waals surface area contributed by atoms with E-state index in [0.29, 0.717) is 6.04 Å². The molecule has 2 aromatic rings. The Balaban J connectivity index is 1.74. The maximum atomic E-state index is 5.76. The lowest BCUT2D eigenvalue weighted by molar-refractivity contribution is 0.489. The number of hydrogen-bond donors (Lipinski definition) is 1. The van der Waals surface area contributed by atoms with Gasteiger partial charge in [0, 0.05) is 19.3 Å². The van der Waals surface area contributed by atoms with Crippen LogP contribution >= 0.6 is 0 Å². The van der Waals surface area contributed by atoms with Gasteiger partial charge in [0.2, 0.25) is 0 Å². The average Bonchev–Trinajstić information content (AvgIpc) is 2.82. The van der Waals surface area contributed by atoms with E-state index >= 15 is 0 Å². The van der Waals surface area contributed by atoms with Crippen LogP contribution in [0.5, 0.6) is 0 Å². The maximum Gasteiger partial charge on any atom is 0.152 e. The third-order valence-corrected chi connectivity index (χ3v) is 2.88. The molecule has 3 rings (SSSR count). The summed E-state index contributed by atoms with van der Waals surface area (Å²) in [7, 11) is 1.92. The van der Waals surface area contributed by atoms with Crippen LogP contribution in [0.2, 0.25) is 0 Å². The van der Waals surface area contributed by atoms with Gasteiger partial charge in [-0.2, -0.15) is 5.10 Å². The van der Waals surface area contributed by atoms with Crippen molar-refractivity contribution in [2.75, 3.05) is 0 Å². The molecule has 0 aromatic carbocycles. The maximum absolute atomic E-state index is 5.76. The first-order valence-electron chi connectivity index (χ1n) is 5.63. The highest BCUT2D eigenvalue weighted by Gasteiger charge is 2.20. The Hall–Kier alpha value is -1.55. The molecule has 4 nitrogen and oxygen atoms in total. The van der Waals surface area contributed by atoms with Crippen molar-refractivity contribution in [2.45, 2.75) is 25.4 Å². The molecule has 0 saturated heterocycles. The molecule has 1 aliphatic rings. The van der Waals surface area contributed by atoms with Gasteiger partial charge in [-0.1, -0.05) is 0 Å². The molecule has 2 heterocycles. The van der Waals surface area contributed by atoms with E-state index in [1.54, 1.807) is 6.20 Å². The zero-order chi connectivity index (χ0) is 11.0. The molecule has 16 heavy (non-hydrogen) atoms. The molecular formula is C12H15N3O. The molecule has 84 valence electrons. The Morgan fingerprint density at radius 1 is 1.44 bits per heavy atom. The van der Waals surface area contributed by atoms with Crippen LogP contribution < -0.4 is 5.32 Å². The fourth-order valence-corrected chi connectivity index (χ4v) is 1.76. The highest BCUT2D eigenvalue weighted by Crippen LogP contribution is 2.23. The number of rotatable bonds is 4. The number of hydrogen-bond acceptors (Lipinski definition) is 3. The van der Waals surface area contributed by atoms with Gasteiger partial charge in [-0.15, -0.1) is 0 Å². The summed E-state index contributed by atoms with van der Waals surface area (Å²) in [6.07, 6.45) is 4.38. The summed E-state index contributed by atoms with van der Waals surface area (Å²) in [5.74, 6) is 1.87. The van der Waals surface area contributed by atoms with Crippen molar-refractivity contribution in [3.63, 3.8) is 0 Å². The summed E-state index contributed by atoms with van der Waals surface area (Å²) in [6, 6.07) is 6.69. The van der Waals surface area contributed by atoms with Crippen molar-refractivity contribution in [3.8, 4) is 11.5 Å². The molecule has 0 radical (unpaired) electrons. The van der Waals surface area contributed by atoms with Crippen molar-refractivity contribution < 1.29 is 4.42 Å². The second-order valence-corrected chi connectivity index (χ2v) is 4.26. The minimum absolute atomic E-state index is 0.713. The number of aryl methyl sites for hydroxylation is 1. The van der Waals surface area contributed by atoms with Gasteiger partial charge in [-0.05, 0) is 31.0 Å². The zero-order valence-corrected chi connectivity index (χ0v) is 9.31. The summed E-state index contributed by atoms with van der Waals surface area (Å²) in [4.78, 5) is 0. The first-order valence-corrected chi connectivity index (χ1v) is 5.63. The van der Waals surface area contributed by atoms with Gasteiger partial charge < -0.3 is 9.73 Å². The fraction of sp³-hybridized carbons (Fsp3) is 0.417. The van der Waals surface area contributed by atoms with Crippen LogP contribution in [0.15, 0.2) is 28.8 Å². The fourth-order valence-electron chi connectivity index (χ4n) is 1.76. The second-order valence-electron chi connectivity index (χ2n) is 4.26. The van der Waals surface area contributed by atoms with Crippen LogP contribution in [-0.2, 0) is 13.6 Å². The van der Waals surface area contributed by atoms with E-state index in [-0.39, 0.29) is 0 Å². The smallest absolute Gasteiger partial charge is 0.152 e. The lowest BCUT2D eigenvalue weighted by Crippen LogP contribution is -2.14. The largest absolute Gasteiger partial charge is 0.458 e. The third kappa shape index (κ3) is 1.88. The zero-order valence-electron chi connectivity index (χ0n) is 9.31. The normalized spacial score (nSPS) is 15.6. The summed E-state index contributed by atoms with van der Waals surface area (Å²) in [5, 5.41) is 7.56. The number of nitrogens with zero attached hydrogens (tertiary/aromatic N) is 2. The molecule has 0 atom stereocenters.